The molecule has 0 aromatic heterocycles. The van der Waals surface area contributed by atoms with Crippen LogP contribution < -0.4 is 21.9 Å². The van der Waals surface area contributed by atoms with E-state index in [0.29, 0.717) is 17.7 Å². The molecule has 1 aliphatic heterocycles. The van der Waals surface area contributed by atoms with E-state index in [-0.39, 0.29) is 17.8 Å². The highest BCUT2D eigenvalue weighted by molar-refractivity contribution is 5.98. The third kappa shape index (κ3) is 3.58. The molecule has 6 nitrogen and oxygen atoms in total. The molecule has 0 spiro atoms. The number of primary amides is 1. The number of hydrogen-bond acceptors (Lipinski definition) is 4. The van der Waals surface area contributed by atoms with Gasteiger partial charge < -0.3 is 11.1 Å². The molecule has 1 heterocycles. The molecular formula is C17H17FN4O2. The summed E-state index contributed by atoms with van der Waals surface area (Å²) < 4.78 is 13.0. The average Bonchev–Trinajstić information content (AvgIpc) is 3.06. The number of halogens is 1. The van der Waals surface area contributed by atoms with Gasteiger partial charge in [0, 0.05) is 17.3 Å². The van der Waals surface area contributed by atoms with E-state index in [0.717, 1.165) is 5.56 Å². The molecule has 24 heavy (non-hydrogen) atoms. The van der Waals surface area contributed by atoms with Gasteiger partial charge in [-0.25, -0.2) is 15.2 Å². The lowest BCUT2D eigenvalue weighted by molar-refractivity contribution is -0.117. The van der Waals surface area contributed by atoms with E-state index in [9.17, 15) is 14.0 Å². The molecule has 0 radical (unpaired) electrons. The van der Waals surface area contributed by atoms with Crippen molar-refractivity contribution in [3.8, 4) is 0 Å². The molecule has 0 saturated carbocycles. The van der Waals surface area contributed by atoms with Gasteiger partial charge in [-0.1, -0.05) is 18.2 Å². The normalized spacial score (nSPS) is 19.9. The molecule has 5 N–H and O–H groups in total. The molecular weight excluding hydrogens is 311 g/mol. The molecule has 0 aliphatic carbocycles. The van der Waals surface area contributed by atoms with Crippen molar-refractivity contribution < 1.29 is 14.0 Å². The number of carbonyl (C=O) groups is 2. The van der Waals surface area contributed by atoms with Crippen molar-refractivity contribution in [1.82, 2.24) is 10.9 Å². The van der Waals surface area contributed by atoms with Crippen LogP contribution in [0, 0.1) is 5.82 Å². The zero-order chi connectivity index (χ0) is 17.1. The van der Waals surface area contributed by atoms with Crippen molar-refractivity contribution in [3.05, 3.63) is 65.5 Å². The Morgan fingerprint density at radius 2 is 1.88 bits per heavy atom. The first kappa shape index (κ1) is 16.1. The van der Waals surface area contributed by atoms with Crippen molar-refractivity contribution in [2.45, 2.75) is 18.5 Å². The largest absolute Gasteiger partial charge is 0.366 e. The Labute approximate surface area is 138 Å². The fourth-order valence-electron chi connectivity index (χ4n) is 2.62. The molecule has 2 atom stereocenters. The van der Waals surface area contributed by atoms with E-state index in [2.05, 4.69) is 16.2 Å². The third-order valence-electron chi connectivity index (χ3n) is 3.91. The molecule has 2 unspecified atom stereocenters. The Morgan fingerprint density at radius 1 is 1.12 bits per heavy atom. The smallest absolute Gasteiger partial charge is 0.248 e. The standard InChI is InChI=1S/C17H17FN4O2/c18-12-6-4-10(5-7-12)14-9-15(22-21-14)17(24)20-13-3-1-2-11(8-13)16(19)23/h1-8,14-15,21-22H,9H2,(H2,19,23)(H,20,24). The lowest BCUT2D eigenvalue weighted by atomic mass is 10.0. The Kier molecular flexibility index (Phi) is 4.54. The Morgan fingerprint density at radius 3 is 2.58 bits per heavy atom. The van der Waals surface area contributed by atoms with Crippen LogP contribution in [-0.2, 0) is 4.79 Å². The summed E-state index contributed by atoms with van der Waals surface area (Å²) in [5.74, 6) is -1.08. The van der Waals surface area contributed by atoms with Gasteiger partial charge in [-0.05, 0) is 42.3 Å². The highest BCUT2D eigenvalue weighted by Gasteiger charge is 2.30. The number of hydrogen-bond donors (Lipinski definition) is 4. The Balaban J connectivity index is 1.63. The van der Waals surface area contributed by atoms with Crippen LogP contribution in [0.25, 0.3) is 0 Å². The van der Waals surface area contributed by atoms with Gasteiger partial charge >= 0.3 is 0 Å². The number of nitrogens with one attached hydrogen (secondary N) is 3. The van der Waals surface area contributed by atoms with E-state index in [1.807, 2.05) is 0 Å². The first-order valence-corrected chi connectivity index (χ1v) is 7.50. The monoisotopic (exact) mass is 328 g/mol. The molecule has 1 fully saturated rings. The molecule has 2 aromatic carbocycles. The quantitative estimate of drug-likeness (QED) is 0.683. The minimum Gasteiger partial charge on any atom is -0.366 e. The molecule has 3 rings (SSSR count). The maximum atomic E-state index is 13.0. The second-order valence-electron chi connectivity index (χ2n) is 5.62. The zero-order valence-electron chi connectivity index (χ0n) is 12.8. The molecule has 1 saturated heterocycles. The summed E-state index contributed by atoms with van der Waals surface area (Å²) in [4.78, 5) is 23.5. The summed E-state index contributed by atoms with van der Waals surface area (Å²) in [5.41, 5.74) is 12.9. The highest BCUT2D eigenvalue weighted by Crippen LogP contribution is 2.23. The van der Waals surface area contributed by atoms with Crippen LogP contribution in [0.15, 0.2) is 48.5 Å². The second kappa shape index (κ2) is 6.77. The number of hydrazine groups is 1. The molecule has 7 heteroatoms. The first-order chi connectivity index (χ1) is 11.5. The Hall–Kier alpha value is -2.77. The summed E-state index contributed by atoms with van der Waals surface area (Å²) in [7, 11) is 0. The van der Waals surface area contributed by atoms with Gasteiger partial charge in [-0.15, -0.1) is 0 Å². The van der Waals surface area contributed by atoms with Gasteiger partial charge in [-0.2, -0.15) is 0 Å². The van der Waals surface area contributed by atoms with E-state index in [4.69, 9.17) is 5.73 Å². The third-order valence-corrected chi connectivity index (χ3v) is 3.91. The number of rotatable bonds is 4. The SMILES string of the molecule is NC(=O)c1cccc(NC(=O)C2CC(c3ccc(F)cc3)NN2)c1. The zero-order valence-corrected chi connectivity index (χ0v) is 12.8. The van der Waals surface area contributed by atoms with Crippen LogP contribution in [-0.4, -0.2) is 17.9 Å². The summed E-state index contributed by atoms with van der Waals surface area (Å²) in [5, 5.41) is 2.75. The van der Waals surface area contributed by atoms with Crippen LogP contribution in [0.5, 0.6) is 0 Å². The number of carbonyl (C=O) groups excluding carboxylic acids is 2. The maximum absolute atomic E-state index is 13.0. The molecule has 1 aliphatic rings. The molecule has 2 aromatic rings. The molecule has 0 bridgehead atoms. The van der Waals surface area contributed by atoms with E-state index < -0.39 is 11.9 Å². The van der Waals surface area contributed by atoms with Crippen molar-refractivity contribution in [2.75, 3.05) is 5.32 Å². The van der Waals surface area contributed by atoms with Gasteiger partial charge in [0.25, 0.3) is 0 Å². The first-order valence-electron chi connectivity index (χ1n) is 7.50. The van der Waals surface area contributed by atoms with E-state index in [1.165, 1.54) is 18.2 Å². The Bertz CT molecular complexity index is 763. The van der Waals surface area contributed by atoms with Crippen LogP contribution in [0.4, 0.5) is 10.1 Å². The topological polar surface area (TPSA) is 96.2 Å². The van der Waals surface area contributed by atoms with Gasteiger partial charge in [0.2, 0.25) is 11.8 Å². The number of nitrogens with two attached hydrogens (primary N) is 1. The summed E-state index contributed by atoms with van der Waals surface area (Å²) >= 11 is 0. The molecule has 2 amide bonds. The van der Waals surface area contributed by atoms with Crippen molar-refractivity contribution in [3.63, 3.8) is 0 Å². The van der Waals surface area contributed by atoms with Crippen LogP contribution in [0.3, 0.4) is 0 Å². The maximum Gasteiger partial charge on any atom is 0.248 e. The predicted octanol–water partition coefficient (Wildman–Crippen LogP) is 1.47. The fourth-order valence-corrected chi connectivity index (χ4v) is 2.62. The second-order valence-corrected chi connectivity index (χ2v) is 5.62. The minimum atomic E-state index is -0.553. The summed E-state index contributed by atoms with van der Waals surface area (Å²) in [6.45, 7) is 0. The van der Waals surface area contributed by atoms with Gasteiger partial charge in [-0.3, -0.25) is 9.59 Å². The van der Waals surface area contributed by atoms with Crippen LogP contribution >= 0.6 is 0 Å². The lowest BCUT2D eigenvalue weighted by Gasteiger charge is -2.11. The minimum absolute atomic E-state index is 0.0849. The van der Waals surface area contributed by atoms with Gasteiger partial charge in [0.1, 0.15) is 11.9 Å². The fraction of sp³-hybridized carbons (Fsp3) is 0.176. The van der Waals surface area contributed by atoms with Crippen molar-refractivity contribution in [2.24, 2.45) is 5.73 Å². The lowest BCUT2D eigenvalue weighted by Crippen LogP contribution is -2.39. The highest BCUT2D eigenvalue weighted by atomic mass is 19.1. The number of anilines is 1. The predicted molar refractivity (Wildman–Crippen MR) is 87.4 cm³/mol. The van der Waals surface area contributed by atoms with Crippen LogP contribution in [0.2, 0.25) is 0 Å². The van der Waals surface area contributed by atoms with Crippen molar-refractivity contribution in [1.29, 1.82) is 0 Å². The summed E-state index contributed by atoms with van der Waals surface area (Å²) in [6, 6.07) is 12.1. The summed E-state index contributed by atoms with van der Waals surface area (Å²) in [6.07, 6.45) is 0.521. The van der Waals surface area contributed by atoms with E-state index in [1.54, 1.807) is 30.3 Å². The molecule has 124 valence electrons. The van der Waals surface area contributed by atoms with Gasteiger partial charge in [0.15, 0.2) is 0 Å². The van der Waals surface area contributed by atoms with Crippen molar-refractivity contribution >= 4 is 17.5 Å². The number of amides is 2. The van der Waals surface area contributed by atoms with E-state index >= 15 is 0 Å². The van der Waals surface area contributed by atoms with Gasteiger partial charge in [0.05, 0.1) is 0 Å². The average molecular weight is 328 g/mol. The van der Waals surface area contributed by atoms with Crippen LogP contribution in [0.1, 0.15) is 28.4 Å². The number of benzene rings is 2.